The number of carbonyl (C=O) groups excluding carboxylic acids is 1. The van der Waals surface area contributed by atoms with Crippen LogP contribution in [0.1, 0.15) is 15.9 Å². The lowest BCUT2D eigenvalue weighted by Gasteiger charge is -2.18. The molecule has 25 heavy (non-hydrogen) atoms. The second-order valence-corrected chi connectivity index (χ2v) is 7.63. The number of hydrogen-bond donors (Lipinski definition) is 1. The van der Waals surface area contributed by atoms with Gasteiger partial charge in [0.25, 0.3) is 5.91 Å². The lowest BCUT2D eigenvalue weighted by molar-refractivity contribution is -0.138. The van der Waals surface area contributed by atoms with E-state index in [2.05, 4.69) is 0 Å². The summed E-state index contributed by atoms with van der Waals surface area (Å²) in [5, 5.41) is 8.81. The molecule has 1 N–H and O–H groups in total. The highest BCUT2D eigenvalue weighted by atomic mass is 35.5. The number of phenolic OH excluding ortho intramolecular Hbond substituents is 1. The molecule has 132 valence electrons. The zero-order chi connectivity index (χ0) is 18.6. The molecule has 0 spiro atoms. The SMILES string of the molecule is O=C(c1cc(Cl)c(O)c(C(F)(F)F)c1)N1CS(=O)(=O)c2ccccc21. The van der Waals surface area contributed by atoms with Gasteiger partial charge in [-0.3, -0.25) is 9.69 Å². The Kier molecular flexibility index (Phi) is 3.96. The number of amides is 1. The summed E-state index contributed by atoms with van der Waals surface area (Å²) in [5.74, 6) is -2.86. The highest BCUT2D eigenvalue weighted by molar-refractivity contribution is 7.92. The Morgan fingerprint density at radius 1 is 1.20 bits per heavy atom. The second kappa shape index (κ2) is 5.63. The van der Waals surface area contributed by atoms with Gasteiger partial charge in [-0.25, -0.2) is 8.42 Å². The summed E-state index contributed by atoms with van der Waals surface area (Å²) in [7, 11) is -3.76. The highest BCUT2D eigenvalue weighted by Gasteiger charge is 2.39. The molecule has 1 heterocycles. The van der Waals surface area contributed by atoms with Crippen LogP contribution in [0.15, 0.2) is 41.3 Å². The number of hydrogen-bond acceptors (Lipinski definition) is 4. The second-order valence-electron chi connectivity index (χ2n) is 5.30. The van der Waals surface area contributed by atoms with E-state index in [1.54, 1.807) is 0 Å². The Labute approximate surface area is 145 Å². The van der Waals surface area contributed by atoms with Crippen LogP contribution in [0.2, 0.25) is 5.02 Å². The van der Waals surface area contributed by atoms with Crippen LogP contribution in [0.5, 0.6) is 5.75 Å². The van der Waals surface area contributed by atoms with Crippen molar-refractivity contribution in [3.8, 4) is 5.75 Å². The van der Waals surface area contributed by atoms with E-state index in [9.17, 15) is 31.5 Å². The number of para-hydroxylation sites is 1. The third-order valence-corrected chi connectivity index (χ3v) is 5.55. The molecule has 1 aliphatic rings. The Morgan fingerprint density at radius 2 is 1.84 bits per heavy atom. The number of rotatable bonds is 1. The van der Waals surface area contributed by atoms with Crippen molar-refractivity contribution in [1.29, 1.82) is 0 Å². The summed E-state index contributed by atoms with van der Waals surface area (Å²) in [6, 6.07) is 6.97. The van der Waals surface area contributed by atoms with Crippen molar-refractivity contribution in [2.75, 3.05) is 10.8 Å². The molecule has 0 radical (unpaired) electrons. The van der Waals surface area contributed by atoms with Crippen LogP contribution in [0.25, 0.3) is 0 Å². The molecule has 0 bridgehead atoms. The van der Waals surface area contributed by atoms with Gasteiger partial charge in [-0.2, -0.15) is 13.2 Å². The molecule has 0 atom stereocenters. The summed E-state index contributed by atoms with van der Waals surface area (Å²) < 4.78 is 63.1. The van der Waals surface area contributed by atoms with E-state index < -0.39 is 49.7 Å². The monoisotopic (exact) mass is 391 g/mol. The molecule has 0 unspecified atom stereocenters. The van der Waals surface area contributed by atoms with Gasteiger partial charge in [-0.15, -0.1) is 0 Å². The number of halogens is 4. The first-order valence-corrected chi connectivity index (χ1v) is 8.79. The molecule has 0 saturated heterocycles. The molecule has 10 heteroatoms. The van der Waals surface area contributed by atoms with Gasteiger partial charge < -0.3 is 5.11 Å². The summed E-state index contributed by atoms with van der Waals surface area (Å²) in [5.41, 5.74) is -1.88. The average molecular weight is 392 g/mol. The normalized spacial score (nSPS) is 15.9. The quantitative estimate of drug-likeness (QED) is 0.808. The van der Waals surface area contributed by atoms with Gasteiger partial charge in [0, 0.05) is 5.56 Å². The maximum Gasteiger partial charge on any atom is 0.420 e. The van der Waals surface area contributed by atoms with E-state index in [0.717, 1.165) is 11.0 Å². The van der Waals surface area contributed by atoms with Gasteiger partial charge in [0.1, 0.15) is 11.6 Å². The lowest BCUT2D eigenvalue weighted by Crippen LogP contribution is -2.30. The molecule has 2 aromatic rings. The highest BCUT2D eigenvalue weighted by Crippen LogP contribution is 2.41. The summed E-state index contributed by atoms with van der Waals surface area (Å²) in [4.78, 5) is 13.4. The van der Waals surface area contributed by atoms with E-state index in [0.29, 0.717) is 6.07 Å². The summed E-state index contributed by atoms with van der Waals surface area (Å²) in [6.07, 6.45) is -4.93. The number of nitrogens with zero attached hydrogens (tertiary/aromatic N) is 1. The van der Waals surface area contributed by atoms with E-state index in [1.165, 1.54) is 24.3 Å². The van der Waals surface area contributed by atoms with Crippen LogP contribution < -0.4 is 4.90 Å². The van der Waals surface area contributed by atoms with Gasteiger partial charge >= 0.3 is 6.18 Å². The molecule has 0 saturated carbocycles. The standard InChI is InChI=1S/C15H9ClF3NO4S/c16-10-6-8(5-9(13(10)21)15(17,18)19)14(22)20-7-25(23,24)12-4-2-1-3-11(12)20/h1-6,21H,7H2. The average Bonchev–Trinajstić information content (AvgIpc) is 2.80. The minimum atomic E-state index is -4.93. The van der Waals surface area contributed by atoms with E-state index in [-0.39, 0.29) is 10.6 Å². The Hall–Kier alpha value is -2.26. The fraction of sp³-hybridized carbons (Fsp3) is 0.133. The molecule has 1 amide bonds. The third-order valence-electron chi connectivity index (χ3n) is 3.65. The topological polar surface area (TPSA) is 74.7 Å². The molecule has 0 fully saturated rings. The van der Waals surface area contributed by atoms with Crippen molar-refractivity contribution in [3.63, 3.8) is 0 Å². The minimum absolute atomic E-state index is 0.0743. The zero-order valence-corrected chi connectivity index (χ0v) is 13.8. The summed E-state index contributed by atoms with van der Waals surface area (Å²) >= 11 is 5.59. The number of fused-ring (bicyclic) bond motifs is 1. The van der Waals surface area contributed by atoms with Crippen LogP contribution in [0.4, 0.5) is 18.9 Å². The number of benzene rings is 2. The fourth-order valence-electron chi connectivity index (χ4n) is 2.51. The summed E-state index contributed by atoms with van der Waals surface area (Å²) in [6.45, 7) is 0. The maximum atomic E-state index is 13.0. The van der Waals surface area contributed by atoms with Gasteiger partial charge in [-0.05, 0) is 24.3 Å². The van der Waals surface area contributed by atoms with Gasteiger partial charge in [0.2, 0.25) is 0 Å². The van der Waals surface area contributed by atoms with Gasteiger partial charge in [0.05, 0.1) is 21.2 Å². The van der Waals surface area contributed by atoms with Crippen LogP contribution in [-0.4, -0.2) is 25.3 Å². The smallest absolute Gasteiger partial charge is 0.420 e. The van der Waals surface area contributed by atoms with Crippen LogP contribution in [0.3, 0.4) is 0 Å². The van der Waals surface area contributed by atoms with E-state index in [4.69, 9.17) is 11.6 Å². The molecular formula is C15H9ClF3NO4S. The van der Waals surface area contributed by atoms with Crippen LogP contribution in [-0.2, 0) is 16.0 Å². The molecule has 0 aliphatic carbocycles. The number of sulfone groups is 1. The number of aromatic hydroxyl groups is 1. The molecule has 3 rings (SSSR count). The lowest BCUT2D eigenvalue weighted by atomic mass is 10.1. The first-order chi connectivity index (χ1) is 11.5. The van der Waals surface area contributed by atoms with Crippen LogP contribution in [0, 0.1) is 0 Å². The van der Waals surface area contributed by atoms with Crippen molar-refractivity contribution >= 4 is 33.0 Å². The maximum absolute atomic E-state index is 13.0. The van der Waals surface area contributed by atoms with Gasteiger partial charge in [-0.1, -0.05) is 23.7 Å². The first kappa shape index (κ1) is 17.6. The van der Waals surface area contributed by atoms with Crippen molar-refractivity contribution in [1.82, 2.24) is 0 Å². The zero-order valence-electron chi connectivity index (χ0n) is 12.2. The molecule has 5 nitrogen and oxygen atoms in total. The predicted molar refractivity (Wildman–Crippen MR) is 83.4 cm³/mol. The van der Waals surface area contributed by atoms with Crippen molar-refractivity contribution in [2.24, 2.45) is 0 Å². The predicted octanol–water partition coefficient (Wildman–Crippen LogP) is 3.46. The van der Waals surface area contributed by atoms with E-state index >= 15 is 0 Å². The Morgan fingerprint density at radius 3 is 2.48 bits per heavy atom. The molecule has 1 aliphatic heterocycles. The van der Waals surface area contributed by atoms with Crippen molar-refractivity contribution < 1.29 is 31.5 Å². The fourth-order valence-corrected chi connectivity index (χ4v) is 4.25. The third kappa shape index (κ3) is 2.93. The molecular weight excluding hydrogens is 383 g/mol. The van der Waals surface area contributed by atoms with Crippen LogP contribution >= 0.6 is 11.6 Å². The number of alkyl halides is 3. The van der Waals surface area contributed by atoms with Crippen molar-refractivity contribution in [3.05, 3.63) is 52.5 Å². The number of phenols is 1. The number of carbonyl (C=O) groups is 1. The molecule has 0 aromatic heterocycles. The van der Waals surface area contributed by atoms with E-state index in [1.807, 2.05) is 0 Å². The van der Waals surface area contributed by atoms with Gasteiger partial charge in [0.15, 0.2) is 9.84 Å². The molecule has 2 aromatic carbocycles. The largest absolute Gasteiger partial charge is 0.506 e. The van der Waals surface area contributed by atoms with Crippen molar-refractivity contribution in [2.45, 2.75) is 11.1 Å². The first-order valence-electron chi connectivity index (χ1n) is 6.76. The number of anilines is 1. The Balaban J connectivity index is 2.11. The Bertz CT molecular complexity index is 989. The minimum Gasteiger partial charge on any atom is -0.506 e.